The normalized spacial score (nSPS) is 20.7. The fourth-order valence-corrected chi connectivity index (χ4v) is 4.03. The largest absolute Gasteiger partial charge is 0.495 e. The summed E-state index contributed by atoms with van der Waals surface area (Å²) in [6.07, 6.45) is -0.617. The number of piperazine rings is 1. The number of nitrogens with zero attached hydrogens (tertiary/aromatic N) is 2. The lowest BCUT2D eigenvalue weighted by atomic mass is 10.1. The van der Waals surface area contributed by atoms with Crippen LogP contribution in [0.25, 0.3) is 0 Å². The molecule has 2 heterocycles. The number of amides is 4. The van der Waals surface area contributed by atoms with Crippen molar-refractivity contribution < 1.29 is 19.1 Å². The van der Waals surface area contributed by atoms with Crippen molar-refractivity contribution in [3.8, 4) is 5.75 Å². The minimum absolute atomic E-state index is 0.0877. The molecule has 0 aliphatic carbocycles. The number of carbonyl (C=O) groups excluding carboxylic acids is 3. The van der Waals surface area contributed by atoms with Gasteiger partial charge in [0, 0.05) is 18.1 Å². The van der Waals surface area contributed by atoms with Crippen LogP contribution in [0.15, 0.2) is 48.5 Å². The first-order valence-electron chi connectivity index (χ1n) is 10.2. The zero-order chi connectivity index (χ0) is 22.7. The number of rotatable bonds is 6. The number of hydrogen-bond acceptors (Lipinski definition) is 6. The number of fused-ring (bicyclic) bond motifs is 1. The molecular formula is C22H24ClN5O4. The van der Waals surface area contributed by atoms with Crippen LogP contribution in [-0.4, -0.2) is 66.6 Å². The smallest absolute Gasteiger partial charge is 0.328 e. The molecule has 0 aromatic heterocycles. The first-order chi connectivity index (χ1) is 15.5. The number of urea groups is 1. The van der Waals surface area contributed by atoms with E-state index in [4.69, 9.17) is 16.3 Å². The summed E-state index contributed by atoms with van der Waals surface area (Å²) in [5, 5.41) is 9.71. The van der Waals surface area contributed by atoms with Crippen molar-refractivity contribution in [2.45, 2.75) is 18.8 Å². The highest BCUT2D eigenvalue weighted by Gasteiger charge is 2.47. The number of hydrogen-bond donors (Lipinski definition) is 3. The van der Waals surface area contributed by atoms with Crippen LogP contribution in [0.2, 0.25) is 5.02 Å². The van der Waals surface area contributed by atoms with Gasteiger partial charge in [-0.2, -0.15) is 0 Å². The van der Waals surface area contributed by atoms with Gasteiger partial charge in [0.15, 0.2) is 0 Å². The Balaban J connectivity index is 1.54. The van der Waals surface area contributed by atoms with E-state index in [1.807, 2.05) is 0 Å². The Morgan fingerprint density at radius 2 is 1.84 bits per heavy atom. The first-order valence-corrected chi connectivity index (χ1v) is 10.6. The summed E-state index contributed by atoms with van der Waals surface area (Å²) >= 11 is 5.94. The fourth-order valence-electron chi connectivity index (χ4n) is 3.90. The number of benzene rings is 2. The molecule has 0 spiro atoms. The lowest BCUT2D eigenvalue weighted by molar-refractivity contribution is -0.139. The third kappa shape index (κ3) is 4.55. The minimum Gasteiger partial charge on any atom is -0.495 e. The Morgan fingerprint density at radius 1 is 1.12 bits per heavy atom. The third-order valence-corrected chi connectivity index (χ3v) is 5.70. The van der Waals surface area contributed by atoms with Gasteiger partial charge in [0.2, 0.25) is 5.91 Å². The third-order valence-electron chi connectivity index (χ3n) is 5.45. The van der Waals surface area contributed by atoms with E-state index in [9.17, 15) is 14.4 Å². The second-order valence-corrected chi connectivity index (χ2v) is 7.98. The van der Waals surface area contributed by atoms with E-state index in [1.165, 1.54) is 16.9 Å². The van der Waals surface area contributed by atoms with Crippen LogP contribution in [0.4, 0.5) is 10.5 Å². The molecule has 2 saturated heterocycles. The maximum Gasteiger partial charge on any atom is 0.328 e. The summed E-state index contributed by atoms with van der Waals surface area (Å²) in [6, 6.07) is 12.8. The van der Waals surface area contributed by atoms with Gasteiger partial charge in [-0.05, 0) is 29.8 Å². The molecule has 3 N–H and O–H groups in total. The average Bonchev–Trinajstić information content (AvgIpc) is 2.81. The van der Waals surface area contributed by atoms with Gasteiger partial charge in [-0.25, -0.2) is 4.79 Å². The Bertz CT molecular complexity index is 1020. The van der Waals surface area contributed by atoms with Crippen LogP contribution in [0.5, 0.6) is 5.75 Å². The van der Waals surface area contributed by atoms with Crippen LogP contribution in [0.3, 0.4) is 0 Å². The molecule has 168 valence electrons. The summed E-state index contributed by atoms with van der Waals surface area (Å²) in [4.78, 5) is 41.8. The highest BCUT2D eigenvalue weighted by atomic mass is 35.5. The number of anilines is 1. The standard InChI is InChI=1S/C22H24ClN5O4/c1-32-17-5-3-2-4-16(17)26-18(29)13-27-20-19(24-10-11-25-20)21(30)28(22(27)31)12-14-6-8-15(23)9-7-14/h2-9,19-20,24-25H,10-13H2,1H3,(H,26,29). The molecule has 2 aliphatic heterocycles. The summed E-state index contributed by atoms with van der Waals surface area (Å²) in [5.41, 5.74) is 1.27. The van der Waals surface area contributed by atoms with E-state index in [0.29, 0.717) is 29.5 Å². The maximum absolute atomic E-state index is 13.3. The van der Waals surface area contributed by atoms with Crippen LogP contribution < -0.4 is 20.7 Å². The van der Waals surface area contributed by atoms with Crippen LogP contribution in [0.1, 0.15) is 5.56 Å². The van der Waals surface area contributed by atoms with Crippen molar-refractivity contribution in [1.29, 1.82) is 0 Å². The molecule has 0 bridgehead atoms. The monoisotopic (exact) mass is 457 g/mol. The van der Waals surface area contributed by atoms with Crippen molar-refractivity contribution in [1.82, 2.24) is 20.4 Å². The second-order valence-electron chi connectivity index (χ2n) is 7.54. The number of carbonyl (C=O) groups is 3. The summed E-state index contributed by atoms with van der Waals surface area (Å²) in [7, 11) is 1.52. The van der Waals surface area contributed by atoms with E-state index in [0.717, 1.165) is 5.56 Å². The molecule has 2 unspecified atom stereocenters. The lowest BCUT2D eigenvalue weighted by Crippen LogP contribution is -2.75. The Morgan fingerprint density at radius 3 is 2.59 bits per heavy atom. The molecule has 9 nitrogen and oxygen atoms in total. The zero-order valence-electron chi connectivity index (χ0n) is 17.5. The summed E-state index contributed by atoms with van der Waals surface area (Å²) in [5.74, 6) is -0.209. The van der Waals surface area contributed by atoms with Crippen molar-refractivity contribution in [2.75, 3.05) is 32.1 Å². The molecule has 2 fully saturated rings. The second kappa shape index (κ2) is 9.56. The number of halogens is 1. The number of methoxy groups -OCH3 is 1. The highest BCUT2D eigenvalue weighted by molar-refractivity contribution is 6.30. The molecule has 2 aliphatic rings. The Labute approximate surface area is 190 Å². The molecule has 10 heteroatoms. The Hall–Kier alpha value is -3.14. The van der Waals surface area contributed by atoms with E-state index >= 15 is 0 Å². The van der Waals surface area contributed by atoms with Gasteiger partial charge in [0.25, 0.3) is 5.91 Å². The molecule has 4 rings (SSSR count). The van der Waals surface area contributed by atoms with Gasteiger partial charge in [-0.3, -0.25) is 24.7 Å². The van der Waals surface area contributed by atoms with Crippen molar-refractivity contribution in [3.05, 3.63) is 59.1 Å². The lowest BCUT2D eigenvalue weighted by Gasteiger charge is -2.47. The Kier molecular flexibility index (Phi) is 6.59. The molecule has 0 radical (unpaired) electrons. The molecule has 2 atom stereocenters. The minimum atomic E-state index is -0.646. The van der Waals surface area contributed by atoms with E-state index in [1.54, 1.807) is 48.5 Å². The number of imide groups is 1. The topological polar surface area (TPSA) is 103 Å². The van der Waals surface area contributed by atoms with E-state index in [2.05, 4.69) is 16.0 Å². The van der Waals surface area contributed by atoms with Crippen LogP contribution in [0, 0.1) is 0 Å². The molecular weight excluding hydrogens is 434 g/mol. The number of para-hydroxylation sites is 2. The fraction of sp³-hybridized carbons (Fsp3) is 0.318. The van der Waals surface area contributed by atoms with E-state index < -0.39 is 24.1 Å². The average molecular weight is 458 g/mol. The van der Waals surface area contributed by atoms with Gasteiger partial charge in [0.1, 0.15) is 24.5 Å². The van der Waals surface area contributed by atoms with Gasteiger partial charge in [-0.1, -0.05) is 35.9 Å². The molecule has 4 amide bonds. The van der Waals surface area contributed by atoms with Crippen LogP contribution in [-0.2, 0) is 16.1 Å². The summed E-state index contributed by atoms with van der Waals surface area (Å²) < 4.78 is 5.27. The number of nitrogens with one attached hydrogen (secondary N) is 3. The van der Waals surface area contributed by atoms with Gasteiger partial charge in [-0.15, -0.1) is 0 Å². The quantitative estimate of drug-likeness (QED) is 0.609. The predicted molar refractivity (Wildman–Crippen MR) is 119 cm³/mol. The van der Waals surface area contributed by atoms with Crippen molar-refractivity contribution in [2.24, 2.45) is 0 Å². The van der Waals surface area contributed by atoms with Crippen LogP contribution >= 0.6 is 11.6 Å². The van der Waals surface area contributed by atoms with Gasteiger partial charge >= 0.3 is 6.03 Å². The first kappa shape index (κ1) is 22.1. The van der Waals surface area contributed by atoms with Crippen molar-refractivity contribution >= 4 is 35.1 Å². The SMILES string of the molecule is COc1ccccc1NC(=O)CN1C(=O)N(Cc2ccc(Cl)cc2)C(=O)C2NCCNC21. The zero-order valence-corrected chi connectivity index (χ0v) is 18.3. The molecule has 32 heavy (non-hydrogen) atoms. The number of ether oxygens (including phenoxy) is 1. The summed E-state index contributed by atoms with van der Waals surface area (Å²) in [6.45, 7) is 1.02. The van der Waals surface area contributed by atoms with Gasteiger partial charge in [0.05, 0.1) is 19.3 Å². The molecule has 2 aromatic rings. The van der Waals surface area contributed by atoms with Gasteiger partial charge < -0.3 is 15.4 Å². The highest BCUT2D eigenvalue weighted by Crippen LogP contribution is 2.24. The maximum atomic E-state index is 13.3. The van der Waals surface area contributed by atoms with E-state index in [-0.39, 0.29) is 19.0 Å². The molecule has 0 saturated carbocycles. The predicted octanol–water partition coefficient (Wildman–Crippen LogP) is 1.64. The van der Waals surface area contributed by atoms with Crippen molar-refractivity contribution in [3.63, 3.8) is 0 Å². The molecule has 2 aromatic carbocycles.